The number of nitrogens with zero attached hydrogens (tertiary/aromatic N) is 1. The highest BCUT2D eigenvalue weighted by Crippen LogP contribution is 2.30. The highest BCUT2D eigenvalue weighted by molar-refractivity contribution is 6.00. The molecule has 3 rings (SSSR count). The number of carbonyl (C=O) groups excluding carboxylic acids is 1. The van der Waals surface area contributed by atoms with Crippen molar-refractivity contribution in [2.24, 2.45) is 0 Å². The third kappa shape index (κ3) is 2.15. The summed E-state index contributed by atoms with van der Waals surface area (Å²) in [6, 6.07) is 5.59. The maximum Gasteiger partial charge on any atom is 0.252 e. The lowest BCUT2D eigenvalue weighted by Crippen LogP contribution is -2.28. The molecule has 0 saturated carbocycles. The van der Waals surface area contributed by atoms with Crippen molar-refractivity contribution >= 4 is 5.91 Å². The highest BCUT2D eigenvalue weighted by Gasteiger charge is 2.21. The van der Waals surface area contributed by atoms with E-state index >= 15 is 0 Å². The van der Waals surface area contributed by atoms with Crippen molar-refractivity contribution in [2.75, 3.05) is 0 Å². The third-order valence-electron chi connectivity index (χ3n) is 3.29. The summed E-state index contributed by atoms with van der Waals surface area (Å²) in [6.07, 6.45) is 11.5. The van der Waals surface area contributed by atoms with Gasteiger partial charge in [0.2, 0.25) is 0 Å². The first-order valence-electron chi connectivity index (χ1n) is 6.28. The molecule has 3 heteroatoms. The van der Waals surface area contributed by atoms with E-state index in [1.165, 1.54) is 0 Å². The first-order chi connectivity index (χ1) is 9.25. The predicted molar refractivity (Wildman–Crippen MR) is 74.2 cm³/mol. The minimum Gasteiger partial charge on any atom is -0.344 e. The number of fused-ring (bicyclic) bond motifs is 1. The number of hydrogen-bond acceptors (Lipinski definition) is 2. The lowest BCUT2D eigenvalue weighted by molar-refractivity contribution is -0.117. The van der Waals surface area contributed by atoms with Crippen LogP contribution in [0.15, 0.2) is 71.5 Å². The Morgan fingerprint density at radius 2 is 2.16 bits per heavy atom. The van der Waals surface area contributed by atoms with Gasteiger partial charge < -0.3 is 5.32 Å². The Morgan fingerprint density at radius 1 is 1.26 bits per heavy atom. The minimum absolute atomic E-state index is 0.0562. The van der Waals surface area contributed by atoms with E-state index < -0.39 is 0 Å². The SMILES string of the molecule is C[C@@H](NC(=O)C1=C2C=CC=C2C=C1)c1ccccn1. The largest absolute Gasteiger partial charge is 0.344 e. The van der Waals surface area contributed by atoms with Gasteiger partial charge in [0.05, 0.1) is 11.7 Å². The van der Waals surface area contributed by atoms with Gasteiger partial charge in [-0.25, -0.2) is 0 Å². The quantitative estimate of drug-likeness (QED) is 0.896. The molecule has 1 N–H and O–H groups in total. The number of allylic oxidation sites excluding steroid dienone is 6. The van der Waals surface area contributed by atoms with Crippen molar-refractivity contribution in [3.05, 3.63) is 77.2 Å². The maximum absolute atomic E-state index is 12.3. The molecule has 2 aliphatic rings. The smallest absolute Gasteiger partial charge is 0.252 e. The Labute approximate surface area is 112 Å². The van der Waals surface area contributed by atoms with Crippen LogP contribution in [0.3, 0.4) is 0 Å². The third-order valence-corrected chi connectivity index (χ3v) is 3.29. The average Bonchev–Trinajstić information content (AvgIpc) is 3.01. The van der Waals surface area contributed by atoms with Crippen LogP contribution >= 0.6 is 0 Å². The number of nitrogens with one attached hydrogen (secondary N) is 1. The van der Waals surface area contributed by atoms with Gasteiger partial charge in [0, 0.05) is 11.8 Å². The zero-order valence-corrected chi connectivity index (χ0v) is 10.6. The number of carbonyl (C=O) groups is 1. The van der Waals surface area contributed by atoms with Crippen LogP contribution in [0.25, 0.3) is 0 Å². The van der Waals surface area contributed by atoms with Gasteiger partial charge in [-0.05, 0) is 36.3 Å². The number of amides is 1. The second kappa shape index (κ2) is 4.69. The van der Waals surface area contributed by atoms with Crippen molar-refractivity contribution in [3.8, 4) is 0 Å². The summed E-state index contributed by atoms with van der Waals surface area (Å²) in [5, 5.41) is 2.98. The van der Waals surface area contributed by atoms with Gasteiger partial charge in [-0.3, -0.25) is 9.78 Å². The Bertz CT molecular complexity index is 636. The summed E-state index contributed by atoms with van der Waals surface area (Å²) in [6.45, 7) is 1.94. The van der Waals surface area contributed by atoms with E-state index in [0.717, 1.165) is 22.4 Å². The summed E-state index contributed by atoms with van der Waals surface area (Å²) >= 11 is 0. The molecule has 94 valence electrons. The Balaban J connectivity index is 1.77. The van der Waals surface area contributed by atoms with Crippen molar-refractivity contribution in [3.63, 3.8) is 0 Å². The van der Waals surface area contributed by atoms with E-state index in [2.05, 4.69) is 10.3 Å². The number of rotatable bonds is 3. The lowest BCUT2D eigenvalue weighted by atomic mass is 10.1. The van der Waals surface area contributed by atoms with Gasteiger partial charge in [-0.15, -0.1) is 0 Å². The molecule has 2 aliphatic carbocycles. The van der Waals surface area contributed by atoms with Gasteiger partial charge >= 0.3 is 0 Å². The topological polar surface area (TPSA) is 42.0 Å². The molecule has 0 bridgehead atoms. The maximum atomic E-state index is 12.3. The molecule has 0 saturated heterocycles. The summed E-state index contributed by atoms with van der Waals surface area (Å²) in [5.41, 5.74) is 3.70. The summed E-state index contributed by atoms with van der Waals surface area (Å²) < 4.78 is 0. The van der Waals surface area contributed by atoms with E-state index in [4.69, 9.17) is 0 Å². The Morgan fingerprint density at radius 3 is 2.95 bits per heavy atom. The molecular weight excluding hydrogens is 236 g/mol. The predicted octanol–water partition coefficient (Wildman–Crippen LogP) is 2.62. The van der Waals surface area contributed by atoms with Crippen molar-refractivity contribution in [2.45, 2.75) is 13.0 Å². The summed E-state index contributed by atoms with van der Waals surface area (Å²) in [5.74, 6) is -0.0562. The van der Waals surface area contributed by atoms with E-state index in [9.17, 15) is 4.79 Å². The molecule has 1 aromatic rings. The average molecular weight is 250 g/mol. The molecule has 1 heterocycles. The van der Waals surface area contributed by atoms with E-state index in [0.29, 0.717) is 0 Å². The number of pyridine rings is 1. The van der Waals surface area contributed by atoms with Crippen LogP contribution in [-0.4, -0.2) is 10.9 Å². The van der Waals surface area contributed by atoms with Crippen molar-refractivity contribution in [1.29, 1.82) is 0 Å². The molecule has 3 nitrogen and oxygen atoms in total. The molecule has 0 radical (unpaired) electrons. The molecular formula is C16H14N2O. The van der Waals surface area contributed by atoms with Crippen molar-refractivity contribution in [1.82, 2.24) is 10.3 Å². The molecule has 1 aromatic heterocycles. The number of aromatic nitrogens is 1. The number of hydrogen-bond donors (Lipinski definition) is 1. The van der Waals surface area contributed by atoms with Crippen LogP contribution in [0.4, 0.5) is 0 Å². The van der Waals surface area contributed by atoms with Crippen LogP contribution in [-0.2, 0) is 4.79 Å². The monoisotopic (exact) mass is 250 g/mol. The summed E-state index contributed by atoms with van der Waals surface area (Å²) in [4.78, 5) is 16.5. The fourth-order valence-corrected chi connectivity index (χ4v) is 2.27. The van der Waals surface area contributed by atoms with Gasteiger partial charge in [0.1, 0.15) is 0 Å². The molecule has 19 heavy (non-hydrogen) atoms. The molecule has 0 aromatic carbocycles. The van der Waals surface area contributed by atoms with Crippen LogP contribution in [0.5, 0.6) is 0 Å². The van der Waals surface area contributed by atoms with Crippen LogP contribution in [0.1, 0.15) is 18.7 Å². The van der Waals surface area contributed by atoms with Crippen LogP contribution in [0.2, 0.25) is 0 Å². The Hall–Kier alpha value is -2.42. The second-order valence-electron chi connectivity index (χ2n) is 4.59. The standard InChI is InChI=1S/C16H14N2O/c1-11(15-7-2-3-10-17-15)18-16(19)14-9-8-12-5-4-6-13(12)14/h2-11H,1H3,(H,18,19)/t11-/m1/s1. The van der Waals surface area contributed by atoms with E-state index in [1.807, 2.05) is 55.5 Å². The molecule has 0 fully saturated rings. The zero-order valence-electron chi connectivity index (χ0n) is 10.6. The molecule has 0 aliphatic heterocycles. The van der Waals surface area contributed by atoms with Gasteiger partial charge in [0.25, 0.3) is 5.91 Å². The van der Waals surface area contributed by atoms with E-state index in [-0.39, 0.29) is 11.9 Å². The summed E-state index contributed by atoms with van der Waals surface area (Å²) in [7, 11) is 0. The Kier molecular flexibility index (Phi) is 2.88. The molecule has 0 spiro atoms. The zero-order chi connectivity index (χ0) is 13.2. The fraction of sp³-hybridized carbons (Fsp3) is 0.125. The van der Waals surface area contributed by atoms with Crippen molar-refractivity contribution < 1.29 is 4.79 Å². The fourth-order valence-electron chi connectivity index (χ4n) is 2.27. The second-order valence-corrected chi connectivity index (χ2v) is 4.59. The first-order valence-corrected chi connectivity index (χ1v) is 6.28. The minimum atomic E-state index is -0.103. The van der Waals surface area contributed by atoms with Gasteiger partial charge in [-0.1, -0.05) is 30.4 Å². The molecule has 0 unspecified atom stereocenters. The van der Waals surface area contributed by atoms with E-state index in [1.54, 1.807) is 6.20 Å². The molecule has 1 atom stereocenters. The highest BCUT2D eigenvalue weighted by atomic mass is 16.1. The lowest BCUT2D eigenvalue weighted by Gasteiger charge is -2.13. The van der Waals surface area contributed by atoms with Gasteiger partial charge in [0.15, 0.2) is 0 Å². The van der Waals surface area contributed by atoms with Crippen LogP contribution in [0, 0.1) is 0 Å². The molecule has 1 amide bonds. The first kappa shape index (κ1) is 11.7. The van der Waals surface area contributed by atoms with Gasteiger partial charge in [-0.2, -0.15) is 0 Å². The van der Waals surface area contributed by atoms with Crippen LogP contribution < -0.4 is 5.32 Å². The normalized spacial score (nSPS) is 17.4.